The molecule has 3 amide bonds. The Bertz CT molecular complexity index is 617. The van der Waals surface area contributed by atoms with Crippen molar-refractivity contribution in [3.05, 3.63) is 23.1 Å². The summed E-state index contributed by atoms with van der Waals surface area (Å²) in [7, 11) is 0. The first-order valence-corrected chi connectivity index (χ1v) is 11.0. The second-order valence-corrected chi connectivity index (χ2v) is 9.21. The van der Waals surface area contributed by atoms with Crippen LogP contribution in [0.25, 0.3) is 0 Å². The lowest BCUT2D eigenvalue weighted by atomic mass is 10.2. The highest BCUT2D eigenvalue weighted by Gasteiger charge is 2.17. The molecule has 0 aromatic heterocycles. The highest BCUT2D eigenvalue weighted by atomic mass is 32.2. The number of hydrogen-bond acceptors (Lipinski definition) is 6. The molecular weight excluding hydrogens is 404 g/mol. The lowest BCUT2D eigenvalue weighted by Gasteiger charge is -2.27. The van der Waals surface area contributed by atoms with Crippen LogP contribution in [0.5, 0.6) is 0 Å². The van der Waals surface area contributed by atoms with Gasteiger partial charge in [-0.3, -0.25) is 9.59 Å². The van der Waals surface area contributed by atoms with Gasteiger partial charge in [-0.15, -0.1) is 0 Å². The first-order chi connectivity index (χ1) is 13.9. The molecule has 0 saturated heterocycles. The third kappa shape index (κ3) is 14.1. The Labute approximate surface area is 185 Å². The van der Waals surface area contributed by atoms with Crippen LogP contribution in [0.15, 0.2) is 23.1 Å². The predicted octanol–water partition coefficient (Wildman–Crippen LogP) is 2.97. The van der Waals surface area contributed by atoms with Gasteiger partial charge in [-0.25, -0.2) is 4.79 Å². The van der Waals surface area contributed by atoms with Crippen molar-refractivity contribution in [2.45, 2.75) is 66.0 Å². The summed E-state index contributed by atoms with van der Waals surface area (Å²) in [5.41, 5.74) is -0.522. The van der Waals surface area contributed by atoms with Crippen molar-refractivity contribution in [3.8, 4) is 0 Å². The van der Waals surface area contributed by atoms with E-state index in [0.29, 0.717) is 31.2 Å². The molecule has 30 heavy (non-hydrogen) atoms. The standard InChI is InChI=1S/C21H38N4O4S/c1-9-15(2)25(18(5)26)13-10-19(27)24-17(4)30-16(3)14-22-11-12-23-20(28)29-21(6,7)8/h15,22H,3-4,9-14H2,1-2,5-8H3,(H,23,28)(H,24,27). The van der Waals surface area contributed by atoms with Crippen LogP contribution in [0.4, 0.5) is 4.79 Å². The summed E-state index contributed by atoms with van der Waals surface area (Å²) in [6, 6.07) is 0.100. The number of carbonyl (C=O) groups excluding carboxylic acids is 3. The van der Waals surface area contributed by atoms with Crippen LogP contribution in [0.2, 0.25) is 0 Å². The smallest absolute Gasteiger partial charge is 0.407 e. The number of rotatable bonds is 13. The fourth-order valence-electron chi connectivity index (χ4n) is 2.38. The minimum absolute atomic E-state index is 0.0361. The van der Waals surface area contributed by atoms with E-state index in [1.54, 1.807) is 4.90 Å². The van der Waals surface area contributed by atoms with Gasteiger partial charge in [0.05, 0.1) is 5.03 Å². The average molecular weight is 443 g/mol. The molecule has 0 radical (unpaired) electrons. The molecule has 0 aliphatic rings. The van der Waals surface area contributed by atoms with Gasteiger partial charge in [-0.05, 0) is 39.0 Å². The van der Waals surface area contributed by atoms with Crippen molar-refractivity contribution >= 4 is 29.7 Å². The minimum Gasteiger partial charge on any atom is -0.444 e. The second kappa shape index (κ2) is 14.1. The zero-order valence-corrected chi connectivity index (χ0v) is 20.0. The summed E-state index contributed by atoms with van der Waals surface area (Å²) in [5.74, 6) is -0.227. The Balaban J connectivity index is 4.05. The Kier molecular flexibility index (Phi) is 13.1. The maximum absolute atomic E-state index is 12.1. The molecule has 172 valence electrons. The zero-order valence-electron chi connectivity index (χ0n) is 19.2. The average Bonchev–Trinajstić information content (AvgIpc) is 2.59. The molecular formula is C21H38N4O4S. The lowest BCUT2D eigenvalue weighted by molar-refractivity contribution is -0.131. The van der Waals surface area contributed by atoms with Crippen molar-refractivity contribution in [3.63, 3.8) is 0 Å². The van der Waals surface area contributed by atoms with Crippen molar-refractivity contribution in [2.24, 2.45) is 0 Å². The molecule has 0 aliphatic carbocycles. The van der Waals surface area contributed by atoms with E-state index < -0.39 is 11.7 Å². The SMILES string of the molecule is C=C(CNCCNC(=O)OC(C)(C)C)SC(=C)NC(=O)CCN(C(C)=O)C(C)CC. The van der Waals surface area contributed by atoms with E-state index in [4.69, 9.17) is 4.74 Å². The maximum Gasteiger partial charge on any atom is 0.407 e. The van der Waals surface area contributed by atoms with Crippen molar-refractivity contribution < 1.29 is 19.1 Å². The van der Waals surface area contributed by atoms with Gasteiger partial charge in [0.15, 0.2) is 0 Å². The minimum atomic E-state index is -0.522. The Morgan fingerprint density at radius 3 is 2.33 bits per heavy atom. The molecule has 0 aromatic rings. The third-order valence-corrected chi connectivity index (χ3v) is 4.73. The van der Waals surface area contributed by atoms with Gasteiger partial charge in [0, 0.05) is 45.6 Å². The van der Waals surface area contributed by atoms with Crippen LogP contribution >= 0.6 is 11.8 Å². The van der Waals surface area contributed by atoms with Gasteiger partial charge in [0.2, 0.25) is 11.8 Å². The summed E-state index contributed by atoms with van der Waals surface area (Å²) in [6.45, 7) is 20.5. The third-order valence-electron chi connectivity index (χ3n) is 3.95. The van der Waals surface area contributed by atoms with Gasteiger partial charge in [-0.1, -0.05) is 31.8 Å². The topological polar surface area (TPSA) is 99.8 Å². The lowest BCUT2D eigenvalue weighted by Crippen LogP contribution is -2.39. The number of amides is 3. The highest BCUT2D eigenvalue weighted by molar-refractivity contribution is 8.06. The number of ether oxygens (including phenoxy) is 1. The molecule has 0 aromatic carbocycles. The molecule has 3 N–H and O–H groups in total. The molecule has 1 unspecified atom stereocenters. The van der Waals surface area contributed by atoms with E-state index in [1.807, 2.05) is 34.6 Å². The van der Waals surface area contributed by atoms with E-state index >= 15 is 0 Å². The van der Waals surface area contributed by atoms with Crippen molar-refractivity contribution in [1.82, 2.24) is 20.9 Å². The quantitative estimate of drug-likeness (QED) is 0.379. The number of nitrogens with zero attached hydrogens (tertiary/aromatic N) is 1. The normalized spacial score (nSPS) is 11.9. The summed E-state index contributed by atoms with van der Waals surface area (Å²) < 4.78 is 5.15. The van der Waals surface area contributed by atoms with Gasteiger partial charge < -0.3 is 25.6 Å². The van der Waals surface area contributed by atoms with Crippen molar-refractivity contribution in [1.29, 1.82) is 0 Å². The summed E-state index contributed by atoms with van der Waals surface area (Å²) in [5, 5.41) is 9.02. The fourth-order valence-corrected chi connectivity index (χ4v) is 3.07. The first kappa shape index (κ1) is 28.0. The summed E-state index contributed by atoms with van der Waals surface area (Å²) in [6.07, 6.45) is 0.597. The van der Waals surface area contributed by atoms with Crippen molar-refractivity contribution in [2.75, 3.05) is 26.2 Å². The first-order valence-electron chi connectivity index (χ1n) is 10.1. The van der Waals surface area contributed by atoms with E-state index in [9.17, 15) is 14.4 Å². The molecule has 1 atom stereocenters. The Morgan fingerprint density at radius 2 is 1.80 bits per heavy atom. The van der Waals surface area contributed by atoms with Gasteiger partial charge in [0.25, 0.3) is 0 Å². The second-order valence-electron chi connectivity index (χ2n) is 7.94. The van der Waals surface area contributed by atoms with Gasteiger partial charge >= 0.3 is 6.09 Å². The molecule has 0 spiro atoms. The molecule has 0 saturated carbocycles. The van der Waals surface area contributed by atoms with Crippen LogP contribution in [-0.2, 0) is 14.3 Å². The zero-order chi connectivity index (χ0) is 23.3. The van der Waals surface area contributed by atoms with E-state index in [2.05, 4.69) is 29.1 Å². The number of alkyl carbamates (subject to hydrolysis) is 1. The fraction of sp³-hybridized carbons (Fsp3) is 0.667. The van der Waals surface area contributed by atoms with Crippen LogP contribution in [0, 0.1) is 0 Å². The molecule has 0 heterocycles. The monoisotopic (exact) mass is 442 g/mol. The molecule has 9 heteroatoms. The van der Waals surface area contributed by atoms with Crippen LogP contribution in [0.1, 0.15) is 54.4 Å². The Morgan fingerprint density at radius 1 is 1.17 bits per heavy atom. The van der Waals surface area contributed by atoms with E-state index in [-0.39, 0.29) is 24.3 Å². The maximum atomic E-state index is 12.1. The molecule has 0 rings (SSSR count). The van der Waals surface area contributed by atoms with Crippen LogP contribution < -0.4 is 16.0 Å². The van der Waals surface area contributed by atoms with Crippen LogP contribution in [-0.4, -0.2) is 60.6 Å². The molecule has 0 aliphatic heterocycles. The largest absolute Gasteiger partial charge is 0.444 e. The number of hydrogen-bond donors (Lipinski definition) is 3. The molecule has 0 bridgehead atoms. The van der Waals surface area contributed by atoms with Gasteiger partial charge in [-0.2, -0.15) is 0 Å². The van der Waals surface area contributed by atoms with E-state index in [0.717, 1.165) is 11.3 Å². The predicted molar refractivity (Wildman–Crippen MR) is 123 cm³/mol. The number of carbonyl (C=O) groups is 3. The molecule has 0 fully saturated rings. The van der Waals surface area contributed by atoms with Gasteiger partial charge in [0.1, 0.15) is 5.60 Å². The summed E-state index contributed by atoms with van der Waals surface area (Å²) >= 11 is 1.28. The van der Waals surface area contributed by atoms with Crippen LogP contribution in [0.3, 0.4) is 0 Å². The number of nitrogens with one attached hydrogen (secondary N) is 3. The Hall–Kier alpha value is -2.00. The number of thioether (sulfide) groups is 1. The highest BCUT2D eigenvalue weighted by Crippen LogP contribution is 2.19. The van der Waals surface area contributed by atoms with E-state index in [1.165, 1.54) is 18.7 Å². The molecule has 8 nitrogen and oxygen atoms in total. The summed E-state index contributed by atoms with van der Waals surface area (Å²) in [4.78, 5) is 37.8.